The van der Waals surface area contributed by atoms with Crippen LogP contribution in [-0.2, 0) is 0 Å². The van der Waals surface area contributed by atoms with Crippen molar-refractivity contribution >= 4 is 5.84 Å². The van der Waals surface area contributed by atoms with Crippen molar-refractivity contribution in [3.8, 4) is 0 Å². The zero-order valence-electron chi connectivity index (χ0n) is 9.21. The van der Waals surface area contributed by atoms with E-state index in [0.29, 0.717) is 0 Å². The molecule has 0 saturated heterocycles. The summed E-state index contributed by atoms with van der Waals surface area (Å²) in [4.78, 5) is 6.65. The normalized spacial score (nSPS) is 12.5. The summed E-state index contributed by atoms with van der Waals surface area (Å²) in [6.07, 6.45) is 2.01. The highest BCUT2D eigenvalue weighted by atomic mass is 15.1. The lowest BCUT2D eigenvalue weighted by Crippen LogP contribution is -2.26. The van der Waals surface area contributed by atoms with Gasteiger partial charge in [-0.1, -0.05) is 20.8 Å². The fraction of sp³-hybridized carbons (Fsp3) is 0.900. The Hall–Kier alpha value is -0.570. The molecule has 0 aromatic heterocycles. The van der Waals surface area contributed by atoms with Gasteiger partial charge in [-0.2, -0.15) is 0 Å². The maximum Gasteiger partial charge on any atom is 0.0937 e. The van der Waals surface area contributed by atoms with E-state index in [-0.39, 0.29) is 0 Å². The molecule has 0 amide bonds. The molecular weight excluding hydrogens is 162 g/mol. The molecular formula is C10H23N3. The van der Waals surface area contributed by atoms with Crippen molar-refractivity contribution in [1.82, 2.24) is 4.90 Å². The highest BCUT2D eigenvalue weighted by molar-refractivity contribution is 5.80. The van der Waals surface area contributed by atoms with Gasteiger partial charge in [0.25, 0.3) is 0 Å². The van der Waals surface area contributed by atoms with Gasteiger partial charge >= 0.3 is 0 Å². The van der Waals surface area contributed by atoms with Crippen LogP contribution >= 0.6 is 0 Å². The first-order valence-electron chi connectivity index (χ1n) is 5.25. The van der Waals surface area contributed by atoms with Crippen LogP contribution in [0.4, 0.5) is 0 Å². The van der Waals surface area contributed by atoms with Crippen LogP contribution < -0.4 is 5.73 Å². The van der Waals surface area contributed by atoms with E-state index in [1.54, 1.807) is 0 Å². The molecule has 0 aliphatic carbocycles. The molecule has 0 radical (unpaired) electrons. The van der Waals surface area contributed by atoms with Crippen molar-refractivity contribution in [2.45, 2.75) is 33.6 Å². The molecule has 3 heteroatoms. The standard InChI is InChI=1S/C10H23N3/c1-4-7-10(11)12-8-9-13(5-2)6-3/h4-9H2,1-3H3,(H2,11,12). The molecule has 0 saturated carbocycles. The zero-order valence-corrected chi connectivity index (χ0v) is 9.21. The first-order chi connectivity index (χ1) is 6.24. The third-order valence-electron chi connectivity index (χ3n) is 2.13. The van der Waals surface area contributed by atoms with Gasteiger partial charge in [0, 0.05) is 13.0 Å². The fourth-order valence-corrected chi connectivity index (χ4v) is 1.21. The van der Waals surface area contributed by atoms with Crippen LogP contribution in [0, 0.1) is 0 Å². The maximum atomic E-state index is 5.68. The number of likely N-dealkylation sites (N-methyl/N-ethyl adjacent to an activating group) is 1. The molecule has 13 heavy (non-hydrogen) atoms. The van der Waals surface area contributed by atoms with Gasteiger partial charge in [-0.15, -0.1) is 0 Å². The summed E-state index contributed by atoms with van der Waals surface area (Å²) in [6, 6.07) is 0. The minimum Gasteiger partial charge on any atom is -0.387 e. The molecule has 0 fully saturated rings. The predicted octanol–water partition coefficient (Wildman–Crippen LogP) is 1.49. The molecule has 0 aromatic carbocycles. The second kappa shape index (κ2) is 8.05. The summed E-state index contributed by atoms with van der Waals surface area (Å²) in [6.45, 7) is 10.5. The van der Waals surface area contributed by atoms with Crippen LogP contribution in [0.15, 0.2) is 4.99 Å². The van der Waals surface area contributed by atoms with Gasteiger partial charge < -0.3 is 10.6 Å². The summed E-state index contributed by atoms with van der Waals surface area (Å²) in [5.41, 5.74) is 5.68. The first-order valence-corrected chi connectivity index (χ1v) is 5.25. The minimum absolute atomic E-state index is 0.801. The molecule has 0 atom stereocenters. The number of rotatable bonds is 7. The van der Waals surface area contributed by atoms with Crippen LogP contribution in [0.5, 0.6) is 0 Å². The van der Waals surface area contributed by atoms with Gasteiger partial charge in [0.15, 0.2) is 0 Å². The Morgan fingerprint density at radius 3 is 2.31 bits per heavy atom. The van der Waals surface area contributed by atoms with E-state index in [1.165, 1.54) is 0 Å². The Balaban J connectivity index is 3.57. The second-order valence-electron chi connectivity index (χ2n) is 3.15. The van der Waals surface area contributed by atoms with Crippen molar-refractivity contribution in [3.63, 3.8) is 0 Å². The molecule has 3 nitrogen and oxygen atoms in total. The molecule has 0 spiro atoms. The number of nitrogens with zero attached hydrogens (tertiary/aromatic N) is 2. The van der Waals surface area contributed by atoms with Crippen molar-refractivity contribution < 1.29 is 0 Å². The van der Waals surface area contributed by atoms with E-state index < -0.39 is 0 Å². The van der Waals surface area contributed by atoms with Gasteiger partial charge in [0.1, 0.15) is 0 Å². The number of hydrogen-bond acceptors (Lipinski definition) is 2. The summed E-state index contributed by atoms with van der Waals surface area (Å²) in [7, 11) is 0. The van der Waals surface area contributed by atoms with Crippen LogP contribution in [0.1, 0.15) is 33.6 Å². The molecule has 0 rings (SSSR count). The lowest BCUT2D eigenvalue weighted by Gasteiger charge is -2.16. The molecule has 0 aliphatic rings. The second-order valence-corrected chi connectivity index (χ2v) is 3.15. The van der Waals surface area contributed by atoms with Crippen LogP contribution in [0.25, 0.3) is 0 Å². The summed E-state index contributed by atoms with van der Waals surface area (Å²) >= 11 is 0. The average Bonchev–Trinajstić information content (AvgIpc) is 2.13. The Morgan fingerprint density at radius 1 is 1.23 bits per heavy atom. The highest BCUT2D eigenvalue weighted by Gasteiger charge is 1.96. The highest BCUT2D eigenvalue weighted by Crippen LogP contribution is 1.89. The summed E-state index contributed by atoms with van der Waals surface area (Å²) in [5, 5.41) is 0. The predicted molar refractivity (Wildman–Crippen MR) is 59.2 cm³/mol. The summed E-state index contributed by atoms with van der Waals surface area (Å²) < 4.78 is 0. The minimum atomic E-state index is 0.801. The van der Waals surface area contributed by atoms with E-state index in [9.17, 15) is 0 Å². The lowest BCUT2D eigenvalue weighted by atomic mass is 10.3. The van der Waals surface area contributed by atoms with Gasteiger partial charge in [-0.25, -0.2) is 0 Å². The maximum absolute atomic E-state index is 5.68. The van der Waals surface area contributed by atoms with Gasteiger partial charge in [0.05, 0.1) is 12.4 Å². The van der Waals surface area contributed by atoms with Gasteiger partial charge in [-0.3, -0.25) is 4.99 Å². The van der Waals surface area contributed by atoms with E-state index in [2.05, 4.69) is 30.7 Å². The number of amidine groups is 1. The first kappa shape index (κ1) is 12.4. The van der Waals surface area contributed by atoms with Crippen molar-refractivity contribution in [1.29, 1.82) is 0 Å². The Kier molecular flexibility index (Phi) is 7.69. The molecule has 0 aromatic rings. The van der Waals surface area contributed by atoms with Crippen molar-refractivity contribution in [2.24, 2.45) is 10.7 Å². The van der Waals surface area contributed by atoms with Crippen LogP contribution in [0.3, 0.4) is 0 Å². The Bertz CT molecular complexity index is 139. The molecule has 0 unspecified atom stereocenters. The monoisotopic (exact) mass is 185 g/mol. The quantitative estimate of drug-likeness (QED) is 0.482. The smallest absolute Gasteiger partial charge is 0.0937 e. The molecule has 0 bridgehead atoms. The number of aliphatic imine (C=N–C) groups is 1. The third-order valence-corrected chi connectivity index (χ3v) is 2.13. The lowest BCUT2D eigenvalue weighted by molar-refractivity contribution is 0.313. The summed E-state index contributed by atoms with van der Waals surface area (Å²) in [5.74, 6) is 0.801. The van der Waals surface area contributed by atoms with Crippen LogP contribution in [0.2, 0.25) is 0 Å². The average molecular weight is 185 g/mol. The van der Waals surface area contributed by atoms with E-state index in [4.69, 9.17) is 5.73 Å². The molecule has 2 N–H and O–H groups in total. The Morgan fingerprint density at radius 2 is 1.85 bits per heavy atom. The van der Waals surface area contributed by atoms with E-state index in [1.807, 2.05) is 0 Å². The molecule has 78 valence electrons. The van der Waals surface area contributed by atoms with Gasteiger partial charge in [0.2, 0.25) is 0 Å². The largest absolute Gasteiger partial charge is 0.387 e. The van der Waals surface area contributed by atoms with Crippen LogP contribution in [-0.4, -0.2) is 36.9 Å². The zero-order chi connectivity index (χ0) is 10.1. The molecule has 0 heterocycles. The fourth-order valence-electron chi connectivity index (χ4n) is 1.21. The topological polar surface area (TPSA) is 41.6 Å². The number of nitrogens with two attached hydrogens (primary N) is 1. The van der Waals surface area contributed by atoms with E-state index in [0.717, 1.165) is 44.9 Å². The van der Waals surface area contributed by atoms with Crippen molar-refractivity contribution in [3.05, 3.63) is 0 Å². The number of hydrogen-bond donors (Lipinski definition) is 1. The molecule has 0 aliphatic heterocycles. The Labute approximate surface area is 82.0 Å². The van der Waals surface area contributed by atoms with Gasteiger partial charge in [-0.05, 0) is 19.5 Å². The SMILES string of the molecule is CCCC(N)=NCCN(CC)CC. The third kappa shape index (κ3) is 6.58. The van der Waals surface area contributed by atoms with E-state index >= 15 is 0 Å². The van der Waals surface area contributed by atoms with Crippen molar-refractivity contribution in [2.75, 3.05) is 26.2 Å².